The summed E-state index contributed by atoms with van der Waals surface area (Å²) < 4.78 is 28.0. The van der Waals surface area contributed by atoms with Gasteiger partial charge in [0.25, 0.3) is 0 Å². The lowest BCUT2D eigenvalue weighted by Gasteiger charge is -2.39. The van der Waals surface area contributed by atoms with Crippen LogP contribution in [0.1, 0.15) is 18.5 Å². The molecule has 148 valence electrons. The number of aromatic amines is 1. The number of benzene rings is 1. The average molecular weight is 406 g/mol. The fourth-order valence-electron chi connectivity index (χ4n) is 3.58. The number of anilines is 1. The highest BCUT2D eigenvalue weighted by Crippen LogP contribution is 2.32. The number of nitrogens with zero attached hydrogens (tertiary/aromatic N) is 4. The molecule has 0 saturated carbocycles. The minimum Gasteiger partial charge on any atom is -0.354 e. The zero-order chi connectivity index (χ0) is 18.8. The van der Waals surface area contributed by atoms with Crippen LogP contribution >= 0.6 is 12.4 Å². The number of hydrogen-bond donors (Lipinski definition) is 1. The van der Waals surface area contributed by atoms with Gasteiger partial charge in [-0.25, -0.2) is 13.8 Å². The molecule has 4 rings (SSSR count). The number of halogens is 3. The van der Waals surface area contributed by atoms with E-state index in [-0.39, 0.29) is 24.0 Å². The second-order valence-corrected chi connectivity index (χ2v) is 6.73. The summed E-state index contributed by atoms with van der Waals surface area (Å²) in [4.78, 5) is 8.99. The summed E-state index contributed by atoms with van der Waals surface area (Å²) in [6, 6.07) is 7.33. The molecule has 2 aromatic heterocycles. The van der Waals surface area contributed by atoms with Crippen molar-refractivity contribution in [2.75, 3.05) is 31.1 Å². The maximum absolute atomic E-state index is 14.3. The zero-order valence-electron chi connectivity index (χ0n) is 15.5. The smallest absolute Gasteiger partial charge is 0.136 e. The highest BCUT2D eigenvalue weighted by molar-refractivity contribution is 5.85. The van der Waals surface area contributed by atoms with Gasteiger partial charge in [-0.3, -0.25) is 10.00 Å². The quantitative estimate of drug-likeness (QED) is 0.711. The largest absolute Gasteiger partial charge is 0.354 e. The molecule has 0 radical (unpaired) electrons. The summed E-state index contributed by atoms with van der Waals surface area (Å²) in [6.45, 7) is 5.41. The third kappa shape index (κ3) is 4.00. The van der Waals surface area contributed by atoms with E-state index < -0.39 is 11.6 Å². The molecule has 8 heteroatoms. The first-order valence-corrected chi connectivity index (χ1v) is 9.01. The second-order valence-electron chi connectivity index (χ2n) is 6.73. The first kappa shape index (κ1) is 20.2. The first-order valence-electron chi connectivity index (χ1n) is 9.01. The van der Waals surface area contributed by atoms with Crippen LogP contribution < -0.4 is 4.90 Å². The maximum Gasteiger partial charge on any atom is 0.136 e. The normalized spacial score (nSPS) is 15.9. The Labute approximate surface area is 168 Å². The fourth-order valence-corrected chi connectivity index (χ4v) is 3.58. The Kier molecular flexibility index (Phi) is 6.26. The molecule has 1 fully saturated rings. The molecule has 28 heavy (non-hydrogen) atoms. The van der Waals surface area contributed by atoms with Crippen LogP contribution in [-0.4, -0.2) is 46.3 Å². The SMILES string of the molecule is CC(c1cn[nH]c1)N1CCN(c2ncccc2-c2cc(F)ccc2F)CC1.Cl. The van der Waals surface area contributed by atoms with Crippen LogP contribution in [0.3, 0.4) is 0 Å². The van der Waals surface area contributed by atoms with Crippen LogP contribution in [-0.2, 0) is 0 Å². The minimum absolute atomic E-state index is 0. The molecule has 1 saturated heterocycles. The van der Waals surface area contributed by atoms with Gasteiger partial charge < -0.3 is 4.90 Å². The predicted octanol–water partition coefficient (Wildman–Crippen LogP) is 4.05. The van der Waals surface area contributed by atoms with E-state index in [0.29, 0.717) is 11.4 Å². The summed E-state index contributed by atoms with van der Waals surface area (Å²) >= 11 is 0. The lowest BCUT2D eigenvalue weighted by molar-refractivity contribution is 0.198. The minimum atomic E-state index is -0.458. The van der Waals surface area contributed by atoms with E-state index in [0.717, 1.165) is 43.9 Å². The molecule has 1 N–H and O–H groups in total. The van der Waals surface area contributed by atoms with E-state index in [2.05, 4.69) is 31.9 Å². The summed E-state index contributed by atoms with van der Waals surface area (Å²) in [5.74, 6) is -0.213. The molecule has 0 bridgehead atoms. The molecule has 1 aliphatic rings. The Morgan fingerprint density at radius 1 is 1.07 bits per heavy atom. The number of nitrogens with one attached hydrogen (secondary N) is 1. The lowest BCUT2D eigenvalue weighted by Crippen LogP contribution is -2.47. The van der Waals surface area contributed by atoms with Crippen molar-refractivity contribution in [1.82, 2.24) is 20.1 Å². The van der Waals surface area contributed by atoms with E-state index in [9.17, 15) is 8.78 Å². The van der Waals surface area contributed by atoms with E-state index in [4.69, 9.17) is 0 Å². The van der Waals surface area contributed by atoms with Crippen molar-refractivity contribution in [2.45, 2.75) is 13.0 Å². The third-order valence-electron chi connectivity index (χ3n) is 5.17. The van der Waals surface area contributed by atoms with E-state index >= 15 is 0 Å². The molecule has 1 aliphatic heterocycles. The number of H-pyrrole nitrogens is 1. The monoisotopic (exact) mass is 405 g/mol. The molecule has 1 aromatic carbocycles. The number of rotatable bonds is 4. The topological polar surface area (TPSA) is 48.1 Å². The van der Waals surface area contributed by atoms with Crippen molar-refractivity contribution < 1.29 is 8.78 Å². The average Bonchev–Trinajstić information content (AvgIpc) is 3.24. The lowest BCUT2D eigenvalue weighted by atomic mass is 10.0. The van der Waals surface area contributed by atoms with E-state index in [1.807, 2.05) is 12.4 Å². The van der Waals surface area contributed by atoms with Gasteiger partial charge in [0.1, 0.15) is 17.5 Å². The summed E-state index contributed by atoms with van der Waals surface area (Å²) in [5.41, 5.74) is 2.02. The highest BCUT2D eigenvalue weighted by atomic mass is 35.5. The van der Waals surface area contributed by atoms with Crippen LogP contribution in [0.25, 0.3) is 11.1 Å². The van der Waals surface area contributed by atoms with Gasteiger partial charge in [-0.15, -0.1) is 12.4 Å². The fraction of sp³-hybridized carbons (Fsp3) is 0.300. The zero-order valence-corrected chi connectivity index (χ0v) is 16.3. The standard InChI is InChI=1S/C20H21F2N5.ClH/c1-14(15-12-24-25-13-15)26-7-9-27(10-8-26)20-17(3-2-6-23-20)18-11-16(21)4-5-19(18)22;/h2-6,11-14H,7-10H2,1H3,(H,24,25);1H. The second kappa shape index (κ2) is 8.67. The van der Waals surface area contributed by atoms with Crippen molar-refractivity contribution in [1.29, 1.82) is 0 Å². The number of piperazine rings is 1. The van der Waals surface area contributed by atoms with Gasteiger partial charge in [-0.05, 0) is 37.3 Å². The van der Waals surface area contributed by atoms with Gasteiger partial charge in [0.2, 0.25) is 0 Å². The number of pyridine rings is 1. The van der Waals surface area contributed by atoms with Gasteiger partial charge in [-0.2, -0.15) is 5.10 Å². The number of aromatic nitrogens is 3. The Bertz CT molecular complexity index is 911. The summed E-state index contributed by atoms with van der Waals surface area (Å²) in [7, 11) is 0. The molecule has 3 aromatic rings. The van der Waals surface area contributed by atoms with Crippen molar-refractivity contribution >= 4 is 18.2 Å². The third-order valence-corrected chi connectivity index (χ3v) is 5.17. The Balaban J connectivity index is 0.00000225. The molecule has 3 heterocycles. The Hall–Kier alpha value is -2.51. The Morgan fingerprint density at radius 3 is 2.57 bits per heavy atom. The molecular weight excluding hydrogens is 384 g/mol. The molecule has 1 atom stereocenters. The molecule has 0 amide bonds. The van der Waals surface area contributed by atoms with Crippen molar-refractivity contribution in [3.05, 3.63) is 66.1 Å². The molecule has 1 unspecified atom stereocenters. The van der Waals surface area contributed by atoms with Crippen LogP contribution in [0.5, 0.6) is 0 Å². The highest BCUT2D eigenvalue weighted by Gasteiger charge is 2.25. The summed E-state index contributed by atoms with van der Waals surface area (Å²) in [6.07, 6.45) is 5.46. The molecule has 0 spiro atoms. The van der Waals surface area contributed by atoms with E-state index in [1.54, 1.807) is 18.3 Å². The molecular formula is C20H22ClF2N5. The van der Waals surface area contributed by atoms with Gasteiger partial charge in [-0.1, -0.05) is 0 Å². The predicted molar refractivity (Wildman–Crippen MR) is 108 cm³/mol. The maximum atomic E-state index is 14.3. The van der Waals surface area contributed by atoms with Gasteiger partial charge in [0.05, 0.1) is 6.20 Å². The Morgan fingerprint density at radius 2 is 1.86 bits per heavy atom. The van der Waals surface area contributed by atoms with Crippen LogP contribution in [0.15, 0.2) is 48.9 Å². The van der Waals surface area contributed by atoms with Crippen LogP contribution in [0.4, 0.5) is 14.6 Å². The van der Waals surface area contributed by atoms with E-state index in [1.165, 1.54) is 6.07 Å². The van der Waals surface area contributed by atoms with Crippen molar-refractivity contribution in [2.24, 2.45) is 0 Å². The molecule has 0 aliphatic carbocycles. The van der Waals surface area contributed by atoms with Crippen LogP contribution in [0.2, 0.25) is 0 Å². The van der Waals surface area contributed by atoms with Gasteiger partial charge in [0, 0.05) is 61.3 Å². The van der Waals surface area contributed by atoms with Gasteiger partial charge in [0.15, 0.2) is 0 Å². The van der Waals surface area contributed by atoms with Crippen molar-refractivity contribution in [3.8, 4) is 11.1 Å². The van der Waals surface area contributed by atoms with Gasteiger partial charge >= 0.3 is 0 Å². The first-order chi connectivity index (χ1) is 13.1. The summed E-state index contributed by atoms with van der Waals surface area (Å²) in [5, 5.41) is 6.88. The van der Waals surface area contributed by atoms with Crippen LogP contribution in [0, 0.1) is 11.6 Å². The molecule has 5 nitrogen and oxygen atoms in total. The van der Waals surface area contributed by atoms with Crippen molar-refractivity contribution in [3.63, 3.8) is 0 Å². The number of hydrogen-bond acceptors (Lipinski definition) is 4.